The molecule has 0 heterocycles. The first-order valence-corrected chi connectivity index (χ1v) is 7.13. The highest BCUT2D eigenvalue weighted by Crippen LogP contribution is 2.41. The molecule has 1 amide bonds. The van der Waals surface area contributed by atoms with Crippen LogP contribution in [0.15, 0.2) is 0 Å². The quantitative estimate of drug-likeness (QED) is 0.820. The van der Waals surface area contributed by atoms with Crippen molar-refractivity contribution in [3.8, 4) is 0 Å². The van der Waals surface area contributed by atoms with Gasteiger partial charge in [0, 0.05) is 17.9 Å². The maximum absolute atomic E-state index is 13.0. The van der Waals surface area contributed by atoms with Gasteiger partial charge in [0.25, 0.3) is 0 Å². The van der Waals surface area contributed by atoms with Gasteiger partial charge in [0.1, 0.15) is 0 Å². The largest absolute Gasteiger partial charge is 0.481 e. The van der Waals surface area contributed by atoms with E-state index in [-0.39, 0.29) is 25.7 Å². The van der Waals surface area contributed by atoms with Crippen molar-refractivity contribution in [2.75, 3.05) is 0 Å². The SMILES string of the molecule is CC(C)(CCC(=O)O)NC(=O)C1CCCCC1C(F)(F)F. The molecule has 4 nitrogen and oxygen atoms in total. The van der Waals surface area contributed by atoms with Crippen molar-refractivity contribution in [2.24, 2.45) is 11.8 Å². The molecule has 0 radical (unpaired) electrons. The van der Waals surface area contributed by atoms with E-state index in [9.17, 15) is 22.8 Å². The Kier molecular flexibility index (Phi) is 5.64. The van der Waals surface area contributed by atoms with Crippen LogP contribution in [0.4, 0.5) is 13.2 Å². The number of rotatable bonds is 5. The minimum absolute atomic E-state index is 0.0167. The van der Waals surface area contributed by atoms with Gasteiger partial charge in [0.05, 0.1) is 5.92 Å². The number of halogens is 3. The Labute approximate surface area is 122 Å². The van der Waals surface area contributed by atoms with Crippen LogP contribution in [0.5, 0.6) is 0 Å². The first-order valence-electron chi connectivity index (χ1n) is 7.13. The van der Waals surface area contributed by atoms with Crippen molar-refractivity contribution in [3.63, 3.8) is 0 Å². The van der Waals surface area contributed by atoms with Crippen LogP contribution >= 0.6 is 0 Å². The molecular formula is C14H22F3NO3. The van der Waals surface area contributed by atoms with Gasteiger partial charge in [-0.25, -0.2) is 0 Å². The molecule has 1 aliphatic carbocycles. The van der Waals surface area contributed by atoms with Gasteiger partial charge in [-0.2, -0.15) is 13.2 Å². The lowest BCUT2D eigenvalue weighted by Crippen LogP contribution is -2.50. The minimum atomic E-state index is -4.37. The fraction of sp³-hybridized carbons (Fsp3) is 0.857. The number of carboxylic acids is 1. The zero-order chi connectivity index (χ0) is 16.3. The molecule has 1 fully saturated rings. The maximum Gasteiger partial charge on any atom is 0.392 e. The number of aliphatic carboxylic acids is 1. The van der Waals surface area contributed by atoms with E-state index in [1.54, 1.807) is 13.8 Å². The summed E-state index contributed by atoms with van der Waals surface area (Å²) in [6.45, 7) is 3.25. The fourth-order valence-electron chi connectivity index (χ4n) is 2.74. The second-order valence-electron chi connectivity index (χ2n) is 6.31. The Bertz CT molecular complexity index is 393. The van der Waals surface area contributed by atoms with Crippen LogP contribution in [0.2, 0.25) is 0 Å². The van der Waals surface area contributed by atoms with E-state index in [0.29, 0.717) is 12.8 Å². The van der Waals surface area contributed by atoms with Crippen molar-refractivity contribution in [3.05, 3.63) is 0 Å². The van der Waals surface area contributed by atoms with Gasteiger partial charge in [-0.1, -0.05) is 12.8 Å². The van der Waals surface area contributed by atoms with Crippen LogP contribution in [0.1, 0.15) is 52.4 Å². The third kappa shape index (κ3) is 5.55. The number of carbonyl (C=O) groups is 2. The summed E-state index contributed by atoms with van der Waals surface area (Å²) < 4.78 is 38.9. The van der Waals surface area contributed by atoms with Gasteiger partial charge in [-0.3, -0.25) is 9.59 Å². The Morgan fingerprint density at radius 1 is 1.19 bits per heavy atom. The molecule has 0 spiro atoms. The highest BCUT2D eigenvalue weighted by Gasteiger charge is 2.48. The average Bonchev–Trinajstić information content (AvgIpc) is 2.35. The van der Waals surface area contributed by atoms with Crippen LogP contribution in [0.25, 0.3) is 0 Å². The summed E-state index contributed by atoms with van der Waals surface area (Å²) in [6, 6.07) is 0. The van der Waals surface area contributed by atoms with Crippen molar-refractivity contribution < 1.29 is 27.9 Å². The summed E-state index contributed by atoms with van der Waals surface area (Å²) in [4.78, 5) is 22.7. The third-order valence-corrected chi connectivity index (χ3v) is 3.95. The molecule has 0 aromatic carbocycles. The molecular weight excluding hydrogens is 287 g/mol. The van der Waals surface area contributed by atoms with Gasteiger partial charge in [-0.15, -0.1) is 0 Å². The van der Waals surface area contributed by atoms with Crippen LogP contribution in [-0.4, -0.2) is 28.7 Å². The zero-order valence-corrected chi connectivity index (χ0v) is 12.3. The van der Waals surface area contributed by atoms with Crippen LogP contribution in [0, 0.1) is 11.8 Å². The molecule has 2 unspecified atom stereocenters. The number of hydrogen-bond acceptors (Lipinski definition) is 2. The smallest absolute Gasteiger partial charge is 0.392 e. The molecule has 0 aromatic rings. The molecule has 0 bridgehead atoms. The van der Waals surface area contributed by atoms with E-state index in [4.69, 9.17) is 5.11 Å². The normalized spacial score (nSPS) is 23.7. The molecule has 21 heavy (non-hydrogen) atoms. The molecule has 1 aliphatic rings. The molecule has 0 aliphatic heterocycles. The Morgan fingerprint density at radius 3 is 2.29 bits per heavy atom. The summed E-state index contributed by atoms with van der Waals surface area (Å²) in [5, 5.41) is 11.2. The molecule has 122 valence electrons. The topological polar surface area (TPSA) is 66.4 Å². The number of carboxylic acid groups (broad SMARTS) is 1. The summed E-state index contributed by atoms with van der Waals surface area (Å²) in [5.41, 5.74) is -0.830. The zero-order valence-electron chi connectivity index (χ0n) is 12.3. The first kappa shape index (κ1) is 17.8. The average molecular weight is 309 g/mol. The summed E-state index contributed by atoms with van der Waals surface area (Å²) in [5.74, 6) is -4.28. The molecule has 0 saturated heterocycles. The van der Waals surface area contributed by atoms with Crippen molar-refractivity contribution in [2.45, 2.75) is 64.1 Å². The van der Waals surface area contributed by atoms with E-state index in [1.165, 1.54) is 0 Å². The molecule has 0 aromatic heterocycles. The molecule has 2 N–H and O–H groups in total. The molecule has 1 rings (SSSR count). The first-order chi connectivity index (χ1) is 9.53. The lowest BCUT2D eigenvalue weighted by Gasteiger charge is -2.35. The van der Waals surface area contributed by atoms with E-state index in [0.717, 1.165) is 0 Å². The van der Waals surface area contributed by atoms with E-state index in [2.05, 4.69) is 5.32 Å². The number of hydrogen-bond donors (Lipinski definition) is 2. The van der Waals surface area contributed by atoms with Gasteiger partial charge in [-0.05, 0) is 33.1 Å². The number of carbonyl (C=O) groups excluding carboxylic acids is 1. The lowest BCUT2D eigenvalue weighted by atomic mass is 9.77. The summed E-state index contributed by atoms with van der Waals surface area (Å²) in [7, 11) is 0. The van der Waals surface area contributed by atoms with E-state index >= 15 is 0 Å². The van der Waals surface area contributed by atoms with E-state index < -0.39 is 35.4 Å². The fourth-order valence-corrected chi connectivity index (χ4v) is 2.74. The Morgan fingerprint density at radius 2 is 1.76 bits per heavy atom. The predicted octanol–water partition coefficient (Wildman–Crippen LogP) is 3.11. The predicted molar refractivity (Wildman–Crippen MR) is 70.6 cm³/mol. The molecule has 2 atom stereocenters. The van der Waals surface area contributed by atoms with Crippen molar-refractivity contribution >= 4 is 11.9 Å². The monoisotopic (exact) mass is 309 g/mol. The second kappa shape index (κ2) is 6.66. The van der Waals surface area contributed by atoms with Crippen LogP contribution in [-0.2, 0) is 9.59 Å². The summed E-state index contributed by atoms with van der Waals surface area (Å²) in [6.07, 6.45) is -3.02. The lowest BCUT2D eigenvalue weighted by molar-refractivity contribution is -0.198. The molecule has 1 saturated carbocycles. The van der Waals surface area contributed by atoms with E-state index in [1.807, 2.05) is 0 Å². The van der Waals surface area contributed by atoms with Crippen LogP contribution < -0.4 is 5.32 Å². The number of amides is 1. The Balaban J connectivity index is 2.69. The minimum Gasteiger partial charge on any atom is -0.481 e. The highest BCUT2D eigenvalue weighted by molar-refractivity contribution is 5.80. The summed E-state index contributed by atoms with van der Waals surface area (Å²) >= 11 is 0. The van der Waals surface area contributed by atoms with Crippen LogP contribution in [0.3, 0.4) is 0 Å². The third-order valence-electron chi connectivity index (χ3n) is 3.95. The Hall–Kier alpha value is -1.27. The van der Waals surface area contributed by atoms with Gasteiger partial charge in [0.2, 0.25) is 5.91 Å². The molecule has 7 heteroatoms. The van der Waals surface area contributed by atoms with Gasteiger partial charge >= 0.3 is 12.1 Å². The highest BCUT2D eigenvalue weighted by atomic mass is 19.4. The number of alkyl halides is 3. The standard InChI is InChI=1S/C14H22F3NO3/c1-13(2,8-7-11(19)20)18-12(21)9-5-3-4-6-10(9)14(15,16)17/h9-10H,3-8H2,1-2H3,(H,18,21)(H,19,20). The van der Waals surface area contributed by atoms with Gasteiger partial charge in [0.15, 0.2) is 0 Å². The van der Waals surface area contributed by atoms with Gasteiger partial charge < -0.3 is 10.4 Å². The second-order valence-corrected chi connectivity index (χ2v) is 6.31. The van der Waals surface area contributed by atoms with Crippen molar-refractivity contribution in [1.82, 2.24) is 5.32 Å². The van der Waals surface area contributed by atoms with Crippen molar-refractivity contribution in [1.29, 1.82) is 0 Å². The maximum atomic E-state index is 13.0. The number of nitrogens with one attached hydrogen (secondary N) is 1.